The molecule has 0 spiro atoms. The summed E-state index contributed by atoms with van der Waals surface area (Å²) < 4.78 is 6.27. The number of pyridine rings is 1. The lowest BCUT2D eigenvalue weighted by Crippen LogP contribution is -2.51. The van der Waals surface area contributed by atoms with Crippen molar-refractivity contribution in [3.8, 4) is 33.9 Å². The van der Waals surface area contributed by atoms with Crippen LogP contribution in [0, 0.1) is 35.5 Å². The smallest absolute Gasteiger partial charge is 0.410 e. The maximum absolute atomic E-state index is 13.5. The number of carbonyl (C=O) groups excluding carboxylic acids is 1. The number of carbonyl (C=O) groups is 1. The summed E-state index contributed by atoms with van der Waals surface area (Å²) in [6, 6.07) is 16.1. The van der Waals surface area contributed by atoms with Crippen LogP contribution in [0.25, 0.3) is 28.0 Å². The molecule has 2 saturated carbocycles. The molecule has 2 unspecified atom stereocenters. The molecule has 2 aromatic carbocycles. The maximum atomic E-state index is 13.5. The number of rotatable bonds is 7. The van der Waals surface area contributed by atoms with E-state index in [0.717, 1.165) is 67.7 Å². The van der Waals surface area contributed by atoms with E-state index in [1.165, 1.54) is 47.6 Å². The average molecular weight is 782 g/mol. The predicted octanol–water partition coefficient (Wildman–Crippen LogP) is 10.3. The van der Waals surface area contributed by atoms with E-state index in [9.17, 15) is 15.0 Å². The molecular formula is C49H59N5O4. The Morgan fingerprint density at radius 3 is 2.45 bits per heavy atom. The van der Waals surface area contributed by atoms with Crippen LogP contribution in [-0.2, 0) is 11.3 Å². The van der Waals surface area contributed by atoms with Crippen molar-refractivity contribution >= 4 is 11.7 Å². The van der Waals surface area contributed by atoms with Crippen LogP contribution < -0.4 is 0 Å². The highest BCUT2D eigenvalue weighted by Crippen LogP contribution is 2.66. The number of piperazine rings is 1. The number of phenols is 2. The maximum Gasteiger partial charge on any atom is 0.410 e. The van der Waals surface area contributed by atoms with E-state index in [1.54, 1.807) is 0 Å². The number of aryl methyl sites for hydroxylation is 1. The van der Waals surface area contributed by atoms with Crippen molar-refractivity contribution < 1.29 is 19.7 Å². The summed E-state index contributed by atoms with van der Waals surface area (Å²) in [4.78, 5) is 22.3. The van der Waals surface area contributed by atoms with E-state index in [2.05, 4.69) is 82.5 Å². The molecule has 1 saturated heterocycles. The number of hydrogen-bond donors (Lipinski definition) is 3. The quantitative estimate of drug-likeness (QED) is 0.160. The third-order valence-electron chi connectivity index (χ3n) is 15.1. The highest BCUT2D eigenvalue weighted by atomic mass is 16.6. The van der Waals surface area contributed by atoms with Gasteiger partial charge in [-0.15, -0.1) is 0 Å². The molecule has 1 amide bonds. The number of H-pyrrole nitrogens is 1. The molecule has 6 atom stereocenters. The minimum atomic E-state index is -0.160. The topological polar surface area (TPSA) is 115 Å². The number of nitrogens with zero attached hydrogens (tertiary/aromatic N) is 4. The standard InChI is InChI=1S/C49H59N5O4/c1-30(2)38-26-39(44(56)27-43(38)55)46-45(31(3)51-52-46)33-10-8-32(9-11-33)29-53-21-23-54(24-22-53)47(57)58-36-16-18-48(4)35(25-36)12-13-37-41-15-14-40(34-7-6-20-50-28-34)49(41,5)19-17-42(37)48/h6-12,14,20,26-28,30,36-37,41-42,55-56H,13,15-19,21-25,29H2,1-5H3,(H,51,52)/t36-,37-,41?,42?,48-,49+/m0/s1. The predicted molar refractivity (Wildman–Crippen MR) is 228 cm³/mol. The minimum absolute atomic E-state index is 0.000896. The molecule has 9 rings (SSSR count). The number of hydrogen-bond acceptors (Lipinski definition) is 7. The van der Waals surface area contributed by atoms with Gasteiger partial charge >= 0.3 is 6.09 Å². The van der Waals surface area contributed by atoms with Crippen LogP contribution in [0.4, 0.5) is 4.79 Å². The van der Waals surface area contributed by atoms with Crippen LogP contribution in [-0.4, -0.2) is 73.6 Å². The number of fused-ring (bicyclic) bond motifs is 5. The summed E-state index contributed by atoms with van der Waals surface area (Å²) in [7, 11) is 0. The summed E-state index contributed by atoms with van der Waals surface area (Å²) in [5, 5.41) is 28.8. The number of ether oxygens (including phenoxy) is 1. The van der Waals surface area contributed by atoms with E-state index in [0.29, 0.717) is 42.1 Å². The van der Waals surface area contributed by atoms with Crippen molar-refractivity contribution in [2.75, 3.05) is 26.2 Å². The van der Waals surface area contributed by atoms with Crippen LogP contribution in [0.2, 0.25) is 0 Å². The second-order valence-electron chi connectivity index (χ2n) is 18.7. The molecule has 9 heteroatoms. The Morgan fingerprint density at radius 2 is 1.71 bits per heavy atom. The molecule has 3 heterocycles. The first kappa shape index (κ1) is 38.6. The van der Waals surface area contributed by atoms with Gasteiger partial charge < -0.3 is 19.8 Å². The molecule has 0 bridgehead atoms. The Kier molecular flexibility index (Phi) is 10.0. The van der Waals surface area contributed by atoms with E-state index in [-0.39, 0.29) is 40.4 Å². The van der Waals surface area contributed by atoms with Gasteiger partial charge in [0.05, 0.1) is 0 Å². The first-order chi connectivity index (χ1) is 27.9. The highest BCUT2D eigenvalue weighted by Gasteiger charge is 2.57. The monoisotopic (exact) mass is 781 g/mol. The summed E-state index contributed by atoms with van der Waals surface area (Å²) >= 11 is 0. The van der Waals surface area contributed by atoms with Crippen molar-refractivity contribution in [3.63, 3.8) is 0 Å². The number of benzene rings is 2. The molecule has 5 aliphatic rings. The third kappa shape index (κ3) is 6.73. The second kappa shape index (κ2) is 15.0. The van der Waals surface area contributed by atoms with Crippen molar-refractivity contribution in [1.82, 2.24) is 25.0 Å². The van der Waals surface area contributed by atoms with Gasteiger partial charge in [-0.25, -0.2) is 4.79 Å². The van der Waals surface area contributed by atoms with Crippen LogP contribution in [0.3, 0.4) is 0 Å². The van der Waals surface area contributed by atoms with Gasteiger partial charge in [-0.2, -0.15) is 5.10 Å². The van der Waals surface area contributed by atoms with Crippen LogP contribution in [0.1, 0.15) is 101 Å². The van der Waals surface area contributed by atoms with Crippen LogP contribution >= 0.6 is 0 Å². The Labute approximate surface area is 343 Å². The molecule has 304 valence electrons. The molecule has 2 aromatic heterocycles. The molecule has 3 fully saturated rings. The zero-order valence-electron chi connectivity index (χ0n) is 34.8. The number of aromatic amines is 1. The van der Waals surface area contributed by atoms with Crippen LogP contribution in [0.5, 0.6) is 11.5 Å². The number of amides is 1. The Balaban J connectivity index is 0.784. The molecule has 1 aliphatic heterocycles. The average Bonchev–Trinajstić information content (AvgIpc) is 3.78. The third-order valence-corrected chi connectivity index (χ3v) is 15.1. The van der Waals surface area contributed by atoms with Crippen LogP contribution in [0.15, 0.2) is 78.6 Å². The largest absolute Gasteiger partial charge is 0.508 e. The summed E-state index contributed by atoms with van der Waals surface area (Å²) in [5.41, 5.74) is 10.8. The van der Waals surface area contributed by atoms with Gasteiger partial charge in [-0.1, -0.05) is 75.8 Å². The lowest BCUT2D eigenvalue weighted by atomic mass is 9.47. The first-order valence-electron chi connectivity index (χ1n) is 21.6. The van der Waals surface area contributed by atoms with Gasteiger partial charge in [0.2, 0.25) is 0 Å². The van der Waals surface area contributed by atoms with Crippen molar-refractivity contribution in [3.05, 3.63) is 101 Å². The number of aromatic nitrogens is 3. The Morgan fingerprint density at radius 1 is 0.931 bits per heavy atom. The second-order valence-corrected chi connectivity index (χ2v) is 18.7. The van der Waals surface area contributed by atoms with Gasteiger partial charge in [0.25, 0.3) is 0 Å². The Bertz CT molecular complexity index is 2240. The normalized spacial score (nSPS) is 28.3. The number of phenolic OH excluding ortho intramolecular Hbond substituents is 2. The van der Waals surface area contributed by atoms with Crippen molar-refractivity contribution in [1.29, 1.82) is 0 Å². The van der Waals surface area contributed by atoms with Gasteiger partial charge in [0, 0.05) is 74.4 Å². The molecule has 4 aliphatic carbocycles. The zero-order valence-corrected chi connectivity index (χ0v) is 34.8. The number of aromatic hydroxyl groups is 2. The summed E-state index contributed by atoms with van der Waals surface area (Å²) in [6.45, 7) is 14.8. The number of allylic oxidation sites excluding steroid dienone is 3. The van der Waals surface area contributed by atoms with Crippen molar-refractivity contribution in [2.24, 2.45) is 28.6 Å². The van der Waals surface area contributed by atoms with Crippen molar-refractivity contribution in [2.45, 2.75) is 98.1 Å². The Hall–Kier alpha value is -4.89. The fourth-order valence-electron chi connectivity index (χ4n) is 11.8. The molecule has 3 N–H and O–H groups in total. The fourth-order valence-corrected chi connectivity index (χ4v) is 11.8. The van der Waals surface area contributed by atoms with Gasteiger partial charge in [0.15, 0.2) is 0 Å². The molecule has 4 aromatic rings. The molecule has 9 nitrogen and oxygen atoms in total. The van der Waals surface area contributed by atoms with E-state index in [4.69, 9.17) is 4.74 Å². The lowest BCUT2D eigenvalue weighted by Gasteiger charge is -2.58. The molecule has 58 heavy (non-hydrogen) atoms. The SMILES string of the molecule is Cc1[nH]nc(-c2cc(C(C)C)c(O)cc2O)c1-c1ccc(CN2CCN(C(=O)O[C@H]3CC[C@@]4(C)C(=CC[C@@H]5C4CC[C@]4(C)C(c6cccnc6)=CCC54)C3)CC2)cc1. The fraction of sp³-hybridized carbons (Fsp3) is 0.490. The lowest BCUT2D eigenvalue weighted by molar-refractivity contribution is -0.0307. The summed E-state index contributed by atoms with van der Waals surface area (Å²) in [6.07, 6.45) is 16.5. The van der Waals surface area contributed by atoms with E-state index in [1.807, 2.05) is 44.1 Å². The zero-order chi connectivity index (χ0) is 40.3. The minimum Gasteiger partial charge on any atom is -0.508 e. The van der Waals surface area contributed by atoms with Gasteiger partial charge in [-0.05, 0) is 120 Å². The highest BCUT2D eigenvalue weighted by molar-refractivity contribution is 5.85. The first-order valence-corrected chi connectivity index (χ1v) is 21.6. The molecule has 0 radical (unpaired) electrons. The van der Waals surface area contributed by atoms with E-state index >= 15 is 0 Å². The van der Waals surface area contributed by atoms with Gasteiger partial charge in [-0.3, -0.25) is 15.0 Å². The number of nitrogens with one attached hydrogen (secondary N) is 1. The molecular weight excluding hydrogens is 723 g/mol. The summed E-state index contributed by atoms with van der Waals surface area (Å²) in [5.74, 6) is 2.25. The van der Waals surface area contributed by atoms with E-state index < -0.39 is 0 Å². The van der Waals surface area contributed by atoms with Gasteiger partial charge in [0.1, 0.15) is 23.3 Å².